The molecular formula is C15H19N3O. The lowest BCUT2D eigenvalue weighted by molar-refractivity contribution is 0.103. The smallest absolute Gasteiger partial charge is 0.213 e. The van der Waals surface area contributed by atoms with Crippen LogP contribution in [0.15, 0.2) is 36.8 Å². The molecule has 2 aromatic rings. The van der Waals surface area contributed by atoms with Gasteiger partial charge in [-0.15, -0.1) is 0 Å². The Balaban J connectivity index is 2.27. The van der Waals surface area contributed by atoms with Crippen molar-refractivity contribution >= 4 is 5.78 Å². The van der Waals surface area contributed by atoms with Gasteiger partial charge in [0.25, 0.3) is 0 Å². The number of benzene rings is 1. The molecule has 0 aliphatic heterocycles. The summed E-state index contributed by atoms with van der Waals surface area (Å²) in [7, 11) is 1.91. The second-order valence-corrected chi connectivity index (χ2v) is 4.43. The number of rotatable bonds is 6. The van der Waals surface area contributed by atoms with Crippen molar-refractivity contribution in [3.63, 3.8) is 0 Å². The normalized spacial score (nSPS) is 10.6. The lowest BCUT2D eigenvalue weighted by atomic mass is 9.99. The first-order valence-corrected chi connectivity index (χ1v) is 6.55. The highest BCUT2D eigenvalue weighted by atomic mass is 16.1. The maximum Gasteiger partial charge on any atom is 0.213 e. The molecule has 0 unspecified atom stereocenters. The highest BCUT2D eigenvalue weighted by molar-refractivity contribution is 6.08. The lowest BCUT2D eigenvalue weighted by Crippen LogP contribution is -2.13. The van der Waals surface area contributed by atoms with Gasteiger partial charge in [0.05, 0.1) is 6.33 Å². The summed E-state index contributed by atoms with van der Waals surface area (Å²) < 4.78 is 1.91. The monoisotopic (exact) mass is 257 g/mol. The molecule has 0 radical (unpaired) electrons. The van der Waals surface area contributed by atoms with E-state index in [0.29, 0.717) is 5.69 Å². The fraction of sp³-hybridized carbons (Fsp3) is 0.333. The van der Waals surface area contributed by atoms with Crippen molar-refractivity contribution in [3.05, 3.63) is 53.6 Å². The van der Waals surface area contributed by atoms with Crippen LogP contribution >= 0.6 is 0 Å². The van der Waals surface area contributed by atoms with E-state index in [9.17, 15) is 4.79 Å². The summed E-state index contributed by atoms with van der Waals surface area (Å²) in [6, 6.07) is 7.74. The van der Waals surface area contributed by atoms with Gasteiger partial charge >= 0.3 is 0 Å². The van der Waals surface area contributed by atoms with Crippen LogP contribution in [0.2, 0.25) is 0 Å². The van der Waals surface area contributed by atoms with Gasteiger partial charge in [0, 0.05) is 18.3 Å². The van der Waals surface area contributed by atoms with Crippen LogP contribution in [-0.2, 0) is 13.0 Å². The van der Waals surface area contributed by atoms with Crippen molar-refractivity contribution in [2.24, 2.45) is 0 Å². The van der Waals surface area contributed by atoms with Gasteiger partial charge in [-0.2, -0.15) is 0 Å². The minimum atomic E-state index is -0.00102. The van der Waals surface area contributed by atoms with Gasteiger partial charge in [-0.25, -0.2) is 4.98 Å². The molecule has 19 heavy (non-hydrogen) atoms. The second-order valence-electron chi connectivity index (χ2n) is 4.43. The highest BCUT2D eigenvalue weighted by Crippen LogP contribution is 2.14. The summed E-state index contributed by atoms with van der Waals surface area (Å²) in [4.78, 5) is 16.6. The van der Waals surface area contributed by atoms with Crippen LogP contribution in [-0.4, -0.2) is 28.9 Å². The molecule has 1 aromatic heterocycles. The van der Waals surface area contributed by atoms with E-state index in [1.807, 2.05) is 42.8 Å². The van der Waals surface area contributed by atoms with Crippen molar-refractivity contribution in [3.8, 4) is 0 Å². The molecule has 0 saturated carbocycles. The van der Waals surface area contributed by atoms with Gasteiger partial charge in [-0.3, -0.25) is 4.79 Å². The Bertz CT molecular complexity index is 560. The van der Waals surface area contributed by atoms with Crippen molar-refractivity contribution in [1.29, 1.82) is 0 Å². The third-order valence-corrected chi connectivity index (χ3v) is 3.14. The molecule has 0 aliphatic rings. The van der Waals surface area contributed by atoms with E-state index in [2.05, 4.69) is 10.3 Å². The van der Waals surface area contributed by atoms with Crippen LogP contribution in [0.4, 0.5) is 0 Å². The van der Waals surface area contributed by atoms with Gasteiger partial charge in [-0.05, 0) is 32.5 Å². The average molecular weight is 257 g/mol. The molecule has 0 fully saturated rings. The van der Waals surface area contributed by atoms with E-state index in [1.165, 1.54) is 0 Å². The molecule has 0 aliphatic carbocycles. The van der Waals surface area contributed by atoms with Crippen LogP contribution in [0.1, 0.15) is 28.5 Å². The van der Waals surface area contributed by atoms with Crippen LogP contribution in [0.5, 0.6) is 0 Å². The molecule has 0 atom stereocenters. The topological polar surface area (TPSA) is 46.9 Å². The number of hydrogen-bond acceptors (Lipinski definition) is 3. The maximum absolute atomic E-state index is 12.5. The SMILES string of the molecule is CCn1cnc(C(=O)c2ccccc2CCNC)c1. The number of imidazole rings is 1. The predicted octanol–water partition coefficient (Wildman–Crippen LogP) is 1.90. The minimum Gasteiger partial charge on any atom is -0.337 e. The van der Waals surface area contributed by atoms with Gasteiger partial charge in [0.2, 0.25) is 5.78 Å². The largest absolute Gasteiger partial charge is 0.337 e. The molecule has 0 amide bonds. The number of ketones is 1. The number of carbonyl (C=O) groups excluding carboxylic acids is 1. The summed E-state index contributed by atoms with van der Waals surface area (Å²) in [5.74, 6) is -0.00102. The zero-order valence-corrected chi connectivity index (χ0v) is 11.4. The summed E-state index contributed by atoms with van der Waals surface area (Å²) in [6.07, 6.45) is 4.34. The Morgan fingerprint density at radius 2 is 2.16 bits per heavy atom. The molecule has 1 N–H and O–H groups in total. The van der Waals surface area contributed by atoms with Gasteiger partial charge in [-0.1, -0.05) is 24.3 Å². The fourth-order valence-corrected chi connectivity index (χ4v) is 2.01. The summed E-state index contributed by atoms with van der Waals surface area (Å²) >= 11 is 0. The zero-order chi connectivity index (χ0) is 13.7. The van der Waals surface area contributed by atoms with Crippen molar-refractivity contribution < 1.29 is 4.79 Å². The molecule has 4 heteroatoms. The molecule has 2 rings (SSSR count). The van der Waals surface area contributed by atoms with Crippen molar-refractivity contribution in [1.82, 2.24) is 14.9 Å². The summed E-state index contributed by atoms with van der Waals surface area (Å²) in [6.45, 7) is 3.70. The van der Waals surface area contributed by atoms with Gasteiger partial charge in [0.1, 0.15) is 5.69 Å². The Hall–Kier alpha value is -1.94. The van der Waals surface area contributed by atoms with Crippen molar-refractivity contribution in [2.45, 2.75) is 19.9 Å². The van der Waals surface area contributed by atoms with E-state index < -0.39 is 0 Å². The number of aromatic nitrogens is 2. The molecule has 0 spiro atoms. The summed E-state index contributed by atoms with van der Waals surface area (Å²) in [5, 5.41) is 3.10. The maximum atomic E-state index is 12.5. The molecule has 0 saturated heterocycles. The standard InChI is InChI=1S/C15H19N3O/c1-3-18-10-14(17-11-18)15(19)13-7-5-4-6-12(13)8-9-16-2/h4-7,10-11,16H,3,8-9H2,1-2H3. The number of carbonyl (C=O) groups is 1. The first-order chi connectivity index (χ1) is 9.26. The molecule has 1 heterocycles. The second kappa shape index (κ2) is 6.29. The lowest BCUT2D eigenvalue weighted by Gasteiger charge is -2.07. The fourth-order valence-electron chi connectivity index (χ4n) is 2.01. The third-order valence-electron chi connectivity index (χ3n) is 3.14. The van der Waals surface area contributed by atoms with E-state index in [4.69, 9.17) is 0 Å². The van der Waals surface area contributed by atoms with Gasteiger partial charge in [0.15, 0.2) is 0 Å². The molecule has 4 nitrogen and oxygen atoms in total. The first-order valence-electron chi connectivity index (χ1n) is 6.55. The number of aryl methyl sites for hydroxylation is 1. The van der Waals surface area contributed by atoms with E-state index in [0.717, 1.165) is 30.6 Å². The molecule has 100 valence electrons. The van der Waals surface area contributed by atoms with Gasteiger partial charge < -0.3 is 9.88 Å². The molecule has 1 aromatic carbocycles. The first kappa shape index (κ1) is 13.5. The van der Waals surface area contributed by atoms with Crippen LogP contribution in [0.3, 0.4) is 0 Å². The Morgan fingerprint density at radius 3 is 2.84 bits per heavy atom. The quantitative estimate of drug-likeness (QED) is 0.804. The Kier molecular flexibility index (Phi) is 4.47. The molecular weight excluding hydrogens is 238 g/mol. The van der Waals surface area contributed by atoms with E-state index in [-0.39, 0.29) is 5.78 Å². The molecule has 0 bridgehead atoms. The third kappa shape index (κ3) is 3.09. The minimum absolute atomic E-state index is 0.00102. The van der Waals surface area contributed by atoms with Crippen LogP contribution in [0.25, 0.3) is 0 Å². The Labute approximate surface area is 113 Å². The van der Waals surface area contributed by atoms with E-state index in [1.54, 1.807) is 12.5 Å². The number of nitrogens with one attached hydrogen (secondary N) is 1. The van der Waals surface area contributed by atoms with Crippen molar-refractivity contribution in [2.75, 3.05) is 13.6 Å². The van der Waals surface area contributed by atoms with Crippen LogP contribution in [0, 0.1) is 0 Å². The number of nitrogens with zero attached hydrogens (tertiary/aromatic N) is 2. The average Bonchev–Trinajstić information content (AvgIpc) is 2.93. The highest BCUT2D eigenvalue weighted by Gasteiger charge is 2.15. The zero-order valence-electron chi connectivity index (χ0n) is 11.4. The van der Waals surface area contributed by atoms with Crippen LogP contribution < -0.4 is 5.32 Å². The number of likely N-dealkylation sites (N-methyl/N-ethyl adjacent to an activating group) is 1. The predicted molar refractivity (Wildman–Crippen MR) is 75.4 cm³/mol. The van der Waals surface area contributed by atoms with E-state index >= 15 is 0 Å². The summed E-state index contributed by atoms with van der Waals surface area (Å²) in [5.41, 5.74) is 2.32. The number of hydrogen-bond donors (Lipinski definition) is 1. The Morgan fingerprint density at radius 1 is 1.37 bits per heavy atom.